The van der Waals surface area contributed by atoms with Crippen LogP contribution in [-0.2, 0) is 40.5 Å². The summed E-state index contributed by atoms with van der Waals surface area (Å²) in [6, 6.07) is 13.7. The third-order valence-electron chi connectivity index (χ3n) is 6.13. The fraction of sp³-hybridized carbons (Fsp3) is 0.308. The predicted octanol–water partition coefficient (Wildman–Crippen LogP) is 4.67. The maximum atomic E-state index is 13.5. The van der Waals surface area contributed by atoms with Gasteiger partial charge >= 0.3 is 22.5 Å². The average Bonchev–Trinajstić information content (AvgIpc) is 3.26. The highest BCUT2D eigenvalue weighted by molar-refractivity contribution is 7.87. The molecule has 10 nitrogen and oxygen atoms in total. The Kier molecular flexibility index (Phi) is 8.97. The smallest absolute Gasteiger partial charge is 0.422 e. The number of hydrogen-bond donors (Lipinski definition) is 2. The summed E-state index contributed by atoms with van der Waals surface area (Å²) in [4.78, 5) is 15.8. The minimum atomic E-state index is -4.83. The molecule has 0 saturated heterocycles. The first kappa shape index (κ1) is 30.4. The number of fused-ring (bicyclic) bond motifs is 1. The van der Waals surface area contributed by atoms with E-state index in [1.54, 1.807) is 48.5 Å². The number of pyridine rings is 1. The third-order valence-corrected chi connectivity index (χ3v) is 7.89. The molecule has 1 aromatic heterocycles. The molecule has 1 aliphatic carbocycles. The molecule has 1 amide bonds. The zero-order valence-electron chi connectivity index (χ0n) is 21.5. The van der Waals surface area contributed by atoms with Crippen LogP contribution in [0, 0.1) is 0 Å². The molecule has 1 aliphatic rings. The molecule has 1 heterocycles. The van der Waals surface area contributed by atoms with Crippen molar-refractivity contribution >= 4 is 27.9 Å². The molecule has 3 aromatic rings. The minimum Gasteiger partial charge on any atom is -0.491 e. The Hall–Kier alpha value is -3.59. The molecule has 41 heavy (non-hydrogen) atoms. The van der Waals surface area contributed by atoms with Crippen molar-refractivity contribution in [1.82, 2.24) is 14.0 Å². The van der Waals surface area contributed by atoms with Crippen LogP contribution in [0.3, 0.4) is 0 Å². The number of carboxylic acid groups (broad SMARTS) is 1. The monoisotopic (exact) mass is 615 g/mol. The van der Waals surface area contributed by atoms with Gasteiger partial charge in [0.1, 0.15) is 17.4 Å². The van der Waals surface area contributed by atoms with E-state index in [0.717, 1.165) is 0 Å². The lowest BCUT2D eigenvalue weighted by atomic mass is 10.1. The maximum absolute atomic E-state index is 13.5. The summed E-state index contributed by atoms with van der Waals surface area (Å²) in [6.45, 7) is -0.0576. The number of nitrogens with zero attached hydrogens (tertiary/aromatic N) is 2. The molecule has 2 N–H and O–H groups in total. The fourth-order valence-corrected chi connectivity index (χ4v) is 5.80. The zero-order chi connectivity index (χ0) is 29.8. The number of hydrogen-bond acceptors (Lipinski definition) is 7. The summed E-state index contributed by atoms with van der Waals surface area (Å²) in [5.41, 5.74) is -1.53. The molecule has 15 heteroatoms. The molecule has 0 radical (unpaired) electrons. The Balaban J connectivity index is 1.72. The van der Waals surface area contributed by atoms with Crippen LogP contribution in [0.1, 0.15) is 22.3 Å². The number of methoxy groups -OCH3 is 1. The van der Waals surface area contributed by atoms with Gasteiger partial charge in [-0.1, -0.05) is 54.1 Å². The number of ether oxygens (including phenoxy) is 3. The van der Waals surface area contributed by atoms with Gasteiger partial charge in [-0.15, -0.1) is 0 Å². The van der Waals surface area contributed by atoms with Crippen molar-refractivity contribution in [3.8, 4) is 11.6 Å². The number of halogens is 4. The summed E-state index contributed by atoms with van der Waals surface area (Å²) in [5, 5.41) is 9.28. The molecular weight excluding hydrogens is 591 g/mol. The molecule has 2 aromatic carbocycles. The molecular formula is C26H25ClF3N3O7S. The van der Waals surface area contributed by atoms with E-state index in [-0.39, 0.29) is 30.4 Å². The van der Waals surface area contributed by atoms with Gasteiger partial charge in [-0.2, -0.15) is 30.6 Å². The second-order valence-corrected chi connectivity index (χ2v) is 11.1. The highest BCUT2D eigenvalue weighted by Crippen LogP contribution is 2.40. The second-order valence-electron chi connectivity index (χ2n) is 9.08. The first-order valence-electron chi connectivity index (χ1n) is 12.1. The van der Waals surface area contributed by atoms with E-state index in [0.29, 0.717) is 34.7 Å². The molecule has 0 fully saturated rings. The van der Waals surface area contributed by atoms with E-state index in [1.165, 1.54) is 7.11 Å². The number of carbonyl (C=O) groups is 1. The van der Waals surface area contributed by atoms with Gasteiger partial charge in [0.2, 0.25) is 5.88 Å². The van der Waals surface area contributed by atoms with Crippen LogP contribution in [0.4, 0.5) is 18.0 Å². The molecule has 220 valence electrons. The fourth-order valence-electron chi connectivity index (χ4n) is 4.30. The summed E-state index contributed by atoms with van der Waals surface area (Å²) in [5.74, 6) is -0.0861. The molecule has 0 aliphatic heterocycles. The van der Waals surface area contributed by atoms with Crippen LogP contribution < -0.4 is 14.2 Å². The molecule has 0 bridgehead atoms. The van der Waals surface area contributed by atoms with E-state index in [1.807, 2.05) is 0 Å². The van der Waals surface area contributed by atoms with Crippen LogP contribution in [0.2, 0.25) is 5.02 Å². The number of benzene rings is 2. The van der Waals surface area contributed by atoms with Gasteiger partial charge in [0, 0.05) is 31.7 Å². The quantitative estimate of drug-likeness (QED) is 0.235. The van der Waals surface area contributed by atoms with Gasteiger partial charge in [-0.25, -0.2) is 9.78 Å². The van der Waals surface area contributed by atoms with E-state index >= 15 is 0 Å². The highest BCUT2D eigenvalue weighted by atomic mass is 35.5. The average molecular weight is 616 g/mol. The largest absolute Gasteiger partial charge is 0.491 e. The van der Waals surface area contributed by atoms with Crippen molar-refractivity contribution in [3.05, 3.63) is 88.1 Å². The van der Waals surface area contributed by atoms with Gasteiger partial charge in [-0.3, -0.25) is 0 Å². The van der Waals surface area contributed by atoms with Crippen molar-refractivity contribution in [2.24, 2.45) is 0 Å². The first-order valence-corrected chi connectivity index (χ1v) is 13.9. The number of alkyl halides is 3. The molecule has 4 rings (SSSR count). The Morgan fingerprint density at radius 2 is 1.88 bits per heavy atom. The van der Waals surface area contributed by atoms with Gasteiger partial charge in [0.05, 0.1) is 18.7 Å². The third kappa shape index (κ3) is 7.19. The van der Waals surface area contributed by atoms with Gasteiger partial charge < -0.3 is 19.3 Å². The van der Waals surface area contributed by atoms with Crippen LogP contribution in [-0.4, -0.2) is 55.0 Å². The molecule has 1 atom stereocenters. The summed E-state index contributed by atoms with van der Waals surface area (Å²) in [6.07, 6.45) is -6.33. The lowest BCUT2D eigenvalue weighted by Crippen LogP contribution is -2.58. The maximum Gasteiger partial charge on any atom is 0.422 e. The number of amides is 1. The minimum absolute atomic E-state index is 0.152. The van der Waals surface area contributed by atoms with E-state index in [4.69, 9.17) is 25.8 Å². The highest BCUT2D eigenvalue weighted by Gasteiger charge is 2.47. The first-order chi connectivity index (χ1) is 19.3. The topological polar surface area (TPSA) is 127 Å². The van der Waals surface area contributed by atoms with Crippen molar-refractivity contribution in [3.63, 3.8) is 0 Å². The van der Waals surface area contributed by atoms with Crippen molar-refractivity contribution in [2.45, 2.75) is 31.3 Å². The van der Waals surface area contributed by atoms with E-state index < -0.39 is 51.2 Å². The van der Waals surface area contributed by atoms with Gasteiger partial charge in [0.15, 0.2) is 5.72 Å². The Labute approximate surface area is 238 Å². The summed E-state index contributed by atoms with van der Waals surface area (Å²) >= 11 is 6.09. The van der Waals surface area contributed by atoms with Gasteiger partial charge in [-0.05, 0) is 23.3 Å². The van der Waals surface area contributed by atoms with E-state index in [9.17, 15) is 31.5 Å². The van der Waals surface area contributed by atoms with E-state index in [2.05, 4.69) is 9.71 Å². The van der Waals surface area contributed by atoms with Crippen molar-refractivity contribution in [1.29, 1.82) is 0 Å². The van der Waals surface area contributed by atoms with Crippen LogP contribution >= 0.6 is 11.6 Å². The molecule has 1 unspecified atom stereocenters. The summed E-state index contributed by atoms with van der Waals surface area (Å²) in [7, 11) is -3.33. The number of nitrogens with one attached hydrogen (secondary N) is 1. The Morgan fingerprint density at radius 1 is 1.15 bits per heavy atom. The molecule has 0 saturated carbocycles. The second kappa shape index (κ2) is 12.1. The lowest BCUT2D eigenvalue weighted by Gasteiger charge is -2.33. The van der Waals surface area contributed by atoms with Crippen LogP contribution in [0.5, 0.6) is 11.6 Å². The van der Waals surface area contributed by atoms with Gasteiger partial charge in [0.25, 0.3) is 0 Å². The number of aromatic nitrogens is 1. The predicted molar refractivity (Wildman–Crippen MR) is 141 cm³/mol. The van der Waals surface area contributed by atoms with Crippen LogP contribution in [0.25, 0.3) is 0 Å². The zero-order valence-corrected chi connectivity index (χ0v) is 23.1. The Morgan fingerprint density at radius 3 is 2.51 bits per heavy atom. The Bertz CT molecular complexity index is 1510. The van der Waals surface area contributed by atoms with Crippen molar-refractivity contribution < 1.29 is 45.7 Å². The standard InChI is InChI=1S/C26H25ClF3N3O7S/c1-38-10-11-39-22-9-5-8-18-13-25(14-20(18)22,40-23-21(27)12-19(15-31-23)26(28,29)30)32-41(36,37)33(24(34)35)16-17-6-3-2-4-7-17/h2-9,12,15,32H,10-11,13-14,16H2,1H3,(H,34,35). The van der Waals surface area contributed by atoms with Crippen LogP contribution in [0.15, 0.2) is 60.8 Å². The lowest BCUT2D eigenvalue weighted by molar-refractivity contribution is -0.137. The number of rotatable bonds is 11. The van der Waals surface area contributed by atoms with Crippen molar-refractivity contribution in [2.75, 3.05) is 20.3 Å². The SMILES string of the molecule is COCCOc1cccc2c1CC(NS(=O)(=O)N(Cc1ccccc1)C(=O)O)(Oc1ncc(C(F)(F)F)cc1Cl)C2. The molecule has 0 spiro atoms. The normalized spacial score (nSPS) is 16.7. The summed E-state index contributed by atoms with van der Waals surface area (Å²) < 4.78 is 85.9.